The predicted molar refractivity (Wildman–Crippen MR) is 144 cm³/mol. The number of hydrazine groups is 1. The number of pyridine rings is 1. The maximum atomic E-state index is 14.3. The maximum Gasteiger partial charge on any atom is 0.288 e. The molecule has 2 aromatic rings. The molecule has 1 unspecified atom stereocenters. The van der Waals surface area contributed by atoms with Gasteiger partial charge >= 0.3 is 0 Å². The Kier molecular flexibility index (Phi) is 13.0. The molecule has 9 nitrogen and oxygen atoms in total. The van der Waals surface area contributed by atoms with Gasteiger partial charge in [0.1, 0.15) is 6.17 Å². The molecule has 1 saturated carbocycles. The summed E-state index contributed by atoms with van der Waals surface area (Å²) in [6.45, 7) is 2.37. The van der Waals surface area contributed by atoms with Crippen LogP contribution in [0.4, 0.5) is 14.5 Å². The number of aromatic nitrogens is 1. The Hall–Kier alpha value is -3.73. The van der Waals surface area contributed by atoms with Gasteiger partial charge in [0.2, 0.25) is 18.1 Å². The second-order valence-corrected chi connectivity index (χ2v) is 9.38. The van der Waals surface area contributed by atoms with Crippen molar-refractivity contribution in [3.05, 3.63) is 76.2 Å². The van der Waals surface area contributed by atoms with Crippen molar-refractivity contribution >= 4 is 18.0 Å². The van der Waals surface area contributed by atoms with E-state index < -0.39 is 23.5 Å². The number of alkyl halides is 1. The van der Waals surface area contributed by atoms with E-state index in [0.717, 1.165) is 34.0 Å². The molecule has 0 radical (unpaired) electrons. The number of carbonyl (C=O) groups excluding carboxylic acids is 2. The summed E-state index contributed by atoms with van der Waals surface area (Å²) >= 11 is 0. The summed E-state index contributed by atoms with van der Waals surface area (Å²) in [5, 5.41) is 6.22. The fraction of sp³-hybridized carbons (Fsp3) is 0.444. The number of hydrogen-bond donors (Lipinski definition) is 4. The predicted octanol–water partition coefficient (Wildman–Crippen LogP) is 2.82. The van der Waals surface area contributed by atoms with Crippen molar-refractivity contribution in [2.24, 2.45) is 17.5 Å². The molecule has 0 saturated heterocycles. The van der Waals surface area contributed by atoms with Crippen molar-refractivity contribution in [3.8, 4) is 0 Å². The highest BCUT2D eigenvalue weighted by atomic mass is 19.1. The third-order valence-electron chi connectivity index (χ3n) is 6.01. The molecule has 0 bridgehead atoms. The van der Waals surface area contributed by atoms with E-state index in [1.54, 1.807) is 31.2 Å². The number of rotatable bonds is 12. The van der Waals surface area contributed by atoms with Gasteiger partial charge in [0.15, 0.2) is 0 Å². The highest BCUT2D eigenvalue weighted by Crippen LogP contribution is 2.23. The van der Waals surface area contributed by atoms with Gasteiger partial charge in [0, 0.05) is 31.2 Å². The van der Waals surface area contributed by atoms with Crippen molar-refractivity contribution in [2.45, 2.75) is 58.2 Å². The summed E-state index contributed by atoms with van der Waals surface area (Å²) in [6, 6.07) is 10.2. The van der Waals surface area contributed by atoms with Gasteiger partial charge in [-0.25, -0.2) is 10.2 Å². The molecule has 208 valence electrons. The summed E-state index contributed by atoms with van der Waals surface area (Å²) in [5.74, 6) is 4.83. The summed E-state index contributed by atoms with van der Waals surface area (Å²) in [4.78, 5) is 34.1. The van der Waals surface area contributed by atoms with Crippen LogP contribution in [0.5, 0.6) is 0 Å². The van der Waals surface area contributed by atoms with E-state index in [2.05, 4.69) is 10.6 Å². The minimum absolute atomic E-state index is 0.0334. The van der Waals surface area contributed by atoms with E-state index >= 15 is 0 Å². The molecule has 2 amide bonds. The summed E-state index contributed by atoms with van der Waals surface area (Å²) in [7, 11) is 0. The van der Waals surface area contributed by atoms with Crippen molar-refractivity contribution < 1.29 is 18.4 Å². The van der Waals surface area contributed by atoms with Gasteiger partial charge in [-0.2, -0.15) is 4.39 Å². The normalized spacial score (nSPS) is 14.3. The van der Waals surface area contributed by atoms with Crippen LogP contribution < -0.4 is 27.8 Å². The number of allylic oxidation sites excluding steroid dienone is 1. The molecular formula is C27H38F2N6O3. The Bertz CT molecular complexity index is 1100. The van der Waals surface area contributed by atoms with Gasteiger partial charge in [-0.1, -0.05) is 43.2 Å². The molecule has 11 heteroatoms. The van der Waals surface area contributed by atoms with Gasteiger partial charge < -0.3 is 25.9 Å². The highest BCUT2D eigenvalue weighted by molar-refractivity contribution is 5.92. The third kappa shape index (κ3) is 11.1. The van der Waals surface area contributed by atoms with Crippen LogP contribution in [0.1, 0.15) is 44.6 Å². The largest absolute Gasteiger partial charge is 0.401 e. The first-order valence-corrected chi connectivity index (χ1v) is 12.7. The van der Waals surface area contributed by atoms with Crippen LogP contribution in [-0.4, -0.2) is 41.2 Å². The Balaban J connectivity index is 0.000000474. The minimum Gasteiger partial charge on any atom is -0.401 e. The number of benzene rings is 1. The minimum atomic E-state index is -1.34. The number of hydrogen-bond acceptors (Lipinski definition) is 6. The van der Waals surface area contributed by atoms with Crippen LogP contribution >= 0.6 is 0 Å². The van der Waals surface area contributed by atoms with Crippen molar-refractivity contribution in [2.75, 3.05) is 18.4 Å². The van der Waals surface area contributed by atoms with Crippen LogP contribution in [0, 0.1) is 11.7 Å². The lowest BCUT2D eigenvalue weighted by Gasteiger charge is -2.17. The average Bonchev–Trinajstić information content (AvgIpc) is 3.39. The highest BCUT2D eigenvalue weighted by Gasteiger charge is 2.15. The SMILES string of the molecule is C/C(N)=C/N(N)CC(F)CCn1ccc(NC(=O)Cc2ccccc2)c(F)c1=O.O=CNCC1CCCC1. The molecule has 6 N–H and O–H groups in total. The molecule has 1 aliphatic carbocycles. The number of amides is 2. The third-order valence-corrected chi connectivity index (χ3v) is 6.01. The van der Waals surface area contributed by atoms with Gasteiger partial charge in [0.05, 0.1) is 18.7 Å². The standard InChI is InChI=1S/C20H25F2N5O2.C7H13NO/c1-14(23)12-27(24)13-16(21)7-9-26-10-8-17(19(22)20(26)29)25-18(28)11-15-5-3-2-4-6-15;9-6-8-5-7-3-1-2-4-7/h2-6,8,10,12,16H,7,9,11,13,23-24H2,1H3,(H,25,28);6-7H,1-5H2,(H,8,9)/b14-12-;. The zero-order valence-electron chi connectivity index (χ0n) is 21.7. The second-order valence-electron chi connectivity index (χ2n) is 9.38. The smallest absolute Gasteiger partial charge is 0.288 e. The van der Waals surface area contributed by atoms with E-state index in [1.165, 1.54) is 44.1 Å². The molecule has 3 rings (SSSR count). The zero-order valence-corrected chi connectivity index (χ0v) is 21.7. The quantitative estimate of drug-likeness (QED) is 0.189. The van der Waals surface area contributed by atoms with E-state index in [4.69, 9.17) is 11.6 Å². The number of anilines is 1. The lowest BCUT2D eigenvalue weighted by atomic mass is 10.1. The first-order valence-electron chi connectivity index (χ1n) is 12.7. The van der Waals surface area contributed by atoms with Crippen molar-refractivity contribution in [1.82, 2.24) is 14.9 Å². The molecule has 1 atom stereocenters. The van der Waals surface area contributed by atoms with Crippen LogP contribution in [-0.2, 0) is 22.6 Å². The molecule has 1 heterocycles. The van der Waals surface area contributed by atoms with E-state index in [9.17, 15) is 23.2 Å². The van der Waals surface area contributed by atoms with E-state index in [1.807, 2.05) is 6.07 Å². The van der Waals surface area contributed by atoms with Gasteiger partial charge in [-0.15, -0.1) is 0 Å². The molecular weight excluding hydrogens is 494 g/mol. The van der Waals surface area contributed by atoms with Crippen LogP contribution in [0.25, 0.3) is 0 Å². The number of aryl methyl sites for hydroxylation is 1. The lowest BCUT2D eigenvalue weighted by molar-refractivity contribution is -0.115. The fourth-order valence-corrected chi connectivity index (χ4v) is 4.14. The monoisotopic (exact) mass is 532 g/mol. The molecule has 1 fully saturated rings. The summed E-state index contributed by atoms with van der Waals surface area (Å²) < 4.78 is 29.4. The number of nitrogens with zero attached hydrogens (tertiary/aromatic N) is 2. The average molecular weight is 533 g/mol. The van der Waals surface area contributed by atoms with Crippen molar-refractivity contribution in [3.63, 3.8) is 0 Å². The second kappa shape index (κ2) is 16.2. The number of halogens is 2. The Morgan fingerprint density at radius 3 is 2.55 bits per heavy atom. The Morgan fingerprint density at radius 1 is 1.24 bits per heavy atom. The number of nitrogens with one attached hydrogen (secondary N) is 2. The zero-order chi connectivity index (χ0) is 27.9. The molecule has 1 aliphatic rings. The lowest BCUT2D eigenvalue weighted by Crippen LogP contribution is -2.34. The molecule has 1 aromatic carbocycles. The first-order chi connectivity index (χ1) is 18.2. The van der Waals surface area contributed by atoms with E-state index in [-0.39, 0.29) is 31.6 Å². The maximum absolute atomic E-state index is 14.3. The molecule has 0 spiro atoms. The van der Waals surface area contributed by atoms with Crippen LogP contribution in [0.3, 0.4) is 0 Å². The molecule has 38 heavy (non-hydrogen) atoms. The van der Waals surface area contributed by atoms with Crippen molar-refractivity contribution in [1.29, 1.82) is 0 Å². The fourth-order valence-electron chi connectivity index (χ4n) is 4.14. The molecule has 1 aromatic heterocycles. The number of carbonyl (C=O) groups is 2. The Morgan fingerprint density at radius 2 is 1.92 bits per heavy atom. The van der Waals surface area contributed by atoms with Gasteiger partial charge in [-0.3, -0.25) is 14.4 Å². The molecule has 0 aliphatic heterocycles. The van der Waals surface area contributed by atoms with Gasteiger partial charge in [0.25, 0.3) is 5.56 Å². The number of nitrogens with two attached hydrogens (primary N) is 2. The van der Waals surface area contributed by atoms with Crippen LogP contribution in [0.2, 0.25) is 0 Å². The first kappa shape index (κ1) is 30.5. The van der Waals surface area contributed by atoms with Crippen LogP contribution in [0.15, 0.2) is 59.3 Å². The van der Waals surface area contributed by atoms with Gasteiger partial charge in [-0.05, 0) is 43.7 Å². The topological polar surface area (TPSA) is 135 Å². The summed E-state index contributed by atoms with van der Waals surface area (Å²) in [5.41, 5.74) is 5.52. The summed E-state index contributed by atoms with van der Waals surface area (Å²) in [6.07, 6.45) is 7.50. The van der Waals surface area contributed by atoms with E-state index in [0.29, 0.717) is 5.70 Å². The Labute approximate surface area is 221 Å².